The van der Waals surface area contributed by atoms with Gasteiger partial charge in [0.15, 0.2) is 0 Å². The predicted molar refractivity (Wildman–Crippen MR) is 63.7 cm³/mol. The minimum atomic E-state index is -0.249. The highest BCUT2D eigenvalue weighted by molar-refractivity contribution is 6.16. The molecule has 0 aliphatic rings. The van der Waals surface area contributed by atoms with Gasteiger partial charge >= 0.3 is 5.97 Å². The van der Waals surface area contributed by atoms with E-state index in [-0.39, 0.29) is 5.97 Å². The number of aryl methyl sites for hydroxylation is 1. The zero-order chi connectivity index (χ0) is 12.3. The summed E-state index contributed by atoms with van der Waals surface area (Å²) in [5.41, 5.74) is 1.72. The standard InChI is InChI=1S/C11H12ClN3O2/c1-17-11(16)3-5-15-9-2-4-13-7-8(9)14-10(15)6-12/h2,4,7H,3,5-6H2,1H3. The third kappa shape index (κ3) is 2.39. The number of ether oxygens (including phenoxy) is 1. The van der Waals surface area contributed by atoms with Crippen molar-refractivity contribution in [3.05, 3.63) is 24.3 Å². The number of hydrogen-bond donors (Lipinski definition) is 0. The number of halogens is 1. The second kappa shape index (κ2) is 5.14. The monoisotopic (exact) mass is 253 g/mol. The smallest absolute Gasteiger partial charge is 0.307 e. The van der Waals surface area contributed by atoms with Crippen molar-refractivity contribution < 1.29 is 9.53 Å². The quantitative estimate of drug-likeness (QED) is 0.615. The van der Waals surface area contributed by atoms with Gasteiger partial charge in [-0.1, -0.05) is 0 Å². The Hall–Kier alpha value is -1.62. The maximum absolute atomic E-state index is 11.1. The number of methoxy groups -OCH3 is 1. The fraction of sp³-hybridized carbons (Fsp3) is 0.364. The zero-order valence-electron chi connectivity index (χ0n) is 9.39. The predicted octanol–water partition coefficient (Wildman–Crippen LogP) is 1.73. The van der Waals surface area contributed by atoms with Crippen LogP contribution in [0.15, 0.2) is 18.5 Å². The molecule has 5 nitrogen and oxygen atoms in total. The molecule has 0 saturated carbocycles. The minimum absolute atomic E-state index is 0.249. The fourth-order valence-corrected chi connectivity index (χ4v) is 1.89. The summed E-state index contributed by atoms with van der Waals surface area (Å²) in [4.78, 5) is 19.5. The molecule has 2 aromatic rings. The van der Waals surface area contributed by atoms with Crippen LogP contribution in [-0.4, -0.2) is 27.6 Å². The van der Waals surface area contributed by atoms with E-state index in [9.17, 15) is 4.79 Å². The van der Waals surface area contributed by atoms with Crippen molar-refractivity contribution in [2.45, 2.75) is 18.8 Å². The van der Waals surface area contributed by atoms with Crippen LogP contribution in [-0.2, 0) is 22.0 Å². The molecule has 0 saturated heterocycles. The molecule has 0 amide bonds. The zero-order valence-corrected chi connectivity index (χ0v) is 10.1. The Morgan fingerprint density at radius 2 is 2.41 bits per heavy atom. The summed E-state index contributed by atoms with van der Waals surface area (Å²) in [6, 6.07) is 1.86. The number of hydrogen-bond acceptors (Lipinski definition) is 4. The molecule has 0 fully saturated rings. The molecule has 0 aromatic carbocycles. The second-order valence-electron chi connectivity index (χ2n) is 3.50. The van der Waals surface area contributed by atoms with Crippen molar-refractivity contribution in [2.24, 2.45) is 0 Å². The lowest BCUT2D eigenvalue weighted by molar-refractivity contribution is -0.140. The number of aromatic nitrogens is 3. The molecule has 0 spiro atoms. The van der Waals surface area contributed by atoms with E-state index in [2.05, 4.69) is 14.7 Å². The molecule has 0 aliphatic carbocycles. The molecule has 2 aromatic heterocycles. The molecule has 0 radical (unpaired) electrons. The number of fused-ring (bicyclic) bond motifs is 1. The number of carbonyl (C=O) groups is 1. The lowest BCUT2D eigenvalue weighted by Crippen LogP contribution is -2.09. The second-order valence-corrected chi connectivity index (χ2v) is 3.77. The van der Waals surface area contributed by atoms with Gasteiger partial charge in [0.25, 0.3) is 0 Å². The van der Waals surface area contributed by atoms with Gasteiger partial charge in [0, 0.05) is 12.7 Å². The number of nitrogens with zero attached hydrogens (tertiary/aromatic N) is 3. The molecule has 90 valence electrons. The fourth-order valence-electron chi connectivity index (χ4n) is 1.69. The maximum Gasteiger partial charge on any atom is 0.307 e. The first-order valence-corrected chi connectivity index (χ1v) is 5.71. The van der Waals surface area contributed by atoms with Crippen molar-refractivity contribution in [1.29, 1.82) is 0 Å². The Morgan fingerprint density at radius 3 is 3.12 bits per heavy atom. The molecule has 0 N–H and O–H groups in total. The molecular formula is C11H12ClN3O2. The van der Waals surface area contributed by atoms with E-state index in [4.69, 9.17) is 11.6 Å². The molecule has 0 aliphatic heterocycles. The van der Waals surface area contributed by atoms with Gasteiger partial charge in [-0.25, -0.2) is 4.98 Å². The number of alkyl halides is 1. The van der Waals surface area contributed by atoms with Crippen LogP contribution in [0.25, 0.3) is 11.0 Å². The van der Waals surface area contributed by atoms with Crippen LogP contribution < -0.4 is 0 Å². The first kappa shape index (κ1) is 11.9. The Labute approximate surface area is 103 Å². The Balaban J connectivity index is 2.33. The van der Waals surface area contributed by atoms with Gasteiger partial charge in [-0.15, -0.1) is 11.6 Å². The number of pyridine rings is 1. The normalized spacial score (nSPS) is 10.7. The summed E-state index contributed by atoms with van der Waals surface area (Å²) in [5, 5.41) is 0. The highest BCUT2D eigenvalue weighted by Crippen LogP contribution is 2.16. The number of rotatable bonds is 4. The first-order chi connectivity index (χ1) is 8.26. The van der Waals surface area contributed by atoms with Crippen LogP contribution in [0.5, 0.6) is 0 Å². The largest absolute Gasteiger partial charge is 0.469 e. The van der Waals surface area contributed by atoms with Gasteiger partial charge in [0.2, 0.25) is 0 Å². The summed E-state index contributed by atoms with van der Waals surface area (Å²) in [5.74, 6) is 0.788. The average molecular weight is 254 g/mol. The van der Waals surface area contributed by atoms with E-state index in [1.165, 1.54) is 7.11 Å². The van der Waals surface area contributed by atoms with Crippen molar-refractivity contribution in [1.82, 2.24) is 14.5 Å². The molecule has 6 heteroatoms. The van der Waals surface area contributed by atoms with Crippen LogP contribution in [0.4, 0.5) is 0 Å². The van der Waals surface area contributed by atoms with Crippen molar-refractivity contribution in [3.8, 4) is 0 Å². The summed E-state index contributed by atoms with van der Waals surface area (Å²) in [6.45, 7) is 0.509. The minimum Gasteiger partial charge on any atom is -0.469 e. The lowest BCUT2D eigenvalue weighted by atomic mass is 10.3. The van der Waals surface area contributed by atoms with Gasteiger partial charge in [-0.05, 0) is 6.07 Å². The first-order valence-electron chi connectivity index (χ1n) is 5.18. The molecule has 0 atom stereocenters. The van der Waals surface area contributed by atoms with Gasteiger partial charge < -0.3 is 9.30 Å². The Kier molecular flexibility index (Phi) is 3.58. The van der Waals surface area contributed by atoms with Gasteiger partial charge in [-0.3, -0.25) is 9.78 Å². The van der Waals surface area contributed by atoms with Gasteiger partial charge in [0.05, 0.1) is 31.1 Å². The average Bonchev–Trinajstić information content (AvgIpc) is 2.73. The van der Waals surface area contributed by atoms with Crippen LogP contribution >= 0.6 is 11.6 Å². The SMILES string of the molecule is COC(=O)CCn1c(CCl)nc2cnccc21. The maximum atomic E-state index is 11.1. The molecule has 17 heavy (non-hydrogen) atoms. The lowest BCUT2D eigenvalue weighted by Gasteiger charge is -2.06. The Morgan fingerprint density at radius 1 is 1.59 bits per heavy atom. The van der Waals surface area contributed by atoms with Gasteiger partial charge in [0.1, 0.15) is 11.3 Å². The van der Waals surface area contributed by atoms with E-state index < -0.39 is 0 Å². The highest BCUT2D eigenvalue weighted by Gasteiger charge is 2.11. The van der Waals surface area contributed by atoms with Crippen molar-refractivity contribution >= 4 is 28.6 Å². The number of imidazole rings is 1. The van der Waals surface area contributed by atoms with Crippen LogP contribution in [0.3, 0.4) is 0 Å². The van der Waals surface area contributed by atoms with Crippen molar-refractivity contribution in [2.75, 3.05) is 7.11 Å². The topological polar surface area (TPSA) is 57.0 Å². The van der Waals surface area contributed by atoms with E-state index in [0.29, 0.717) is 18.8 Å². The Bertz CT molecular complexity index is 538. The van der Waals surface area contributed by atoms with Gasteiger partial charge in [-0.2, -0.15) is 0 Å². The van der Waals surface area contributed by atoms with Crippen LogP contribution in [0.2, 0.25) is 0 Å². The van der Waals surface area contributed by atoms with Crippen LogP contribution in [0, 0.1) is 0 Å². The third-order valence-corrected chi connectivity index (χ3v) is 2.76. The van der Waals surface area contributed by atoms with E-state index in [1.54, 1.807) is 12.4 Å². The van der Waals surface area contributed by atoms with Crippen LogP contribution in [0.1, 0.15) is 12.2 Å². The summed E-state index contributed by atoms with van der Waals surface area (Å²) in [7, 11) is 1.38. The third-order valence-electron chi connectivity index (χ3n) is 2.52. The molecular weight excluding hydrogens is 242 g/mol. The summed E-state index contributed by atoms with van der Waals surface area (Å²) in [6.07, 6.45) is 3.67. The molecule has 0 unspecified atom stereocenters. The van der Waals surface area contributed by atoms with Crippen molar-refractivity contribution in [3.63, 3.8) is 0 Å². The highest BCUT2D eigenvalue weighted by atomic mass is 35.5. The molecule has 2 heterocycles. The van der Waals surface area contributed by atoms with E-state index in [0.717, 1.165) is 16.9 Å². The molecule has 2 rings (SSSR count). The van der Waals surface area contributed by atoms with E-state index in [1.807, 2.05) is 10.6 Å². The molecule has 0 bridgehead atoms. The number of carbonyl (C=O) groups excluding carboxylic acids is 1. The number of esters is 1. The summed E-state index contributed by atoms with van der Waals surface area (Å²) >= 11 is 5.83. The van der Waals surface area contributed by atoms with E-state index >= 15 is 0 Å². The summed E-state index contributed by atoms with van der Waals surface area (Å²) < 4.78 is 6.53.